The molecule has 0 N–H and O–H groups in total. The van der Waals surface area contributed by atoms with Crippen LogP contribution < -0.4 is 0 Å². The zero-order valence-corrected chi connectivity index (χ0v) is 10.2. The summed E-state index contributed by atoms with van der Waals surface area (Å²) in [6.07, 6.45) is 2.48. The molecule has 2 unspecified atom stereocenters. The minimum atomic E-state index is -0.534. The summed E-state index contributed by atoms with van der Waals surface area (Å²) in [6, 6.07) is 0. The van der Waals surface area contributed by atoms with E-state index in [2.05, 4.69) is 0 Å². The first-order valence-electron chi connectivity index (χ1n) is 5.91. The predicted molar refractivity (Wildman–Crippen MR) is 58.8 cm³/mol. The molecule has 4 nitrogen and oxygen atoms in total. The fraction of sp³-hybridized carbons (Fsp3) is 0.833. The molecule has 0 radical (unpaired) electrons. The summed E-state index contributed by atoms with van der Waals surface area (Å²) in [5.74, 6) is 0.518. The van der Waals surface area contributed by atoms with Crippen LogP contribution in [-0.4, -0.2) is 29.0 Å². The number of amides is 2. The van der Waals surface area contributed by atoms with Gasteiger partial charge in [-0.3, -0.25) is 4.79 Å². The number of hydrogen-bond donors (Lipinski definition) is 0. The molecule has 1 saturated heterocycles. The third-order valence-corrected chi connectivity index (χ3v) is 3.21. The van der Waals surface area contributed by atoms with Gasteiger partial charge in [0.15, 0.2) is 0 Å². The van der Waals surface area contributed by atoms with E-state index in [-0.39, 0.29) is 11.8 Å². The minimum absolute atomic E-state index is 0.0389. The van der Waals surface area contributed by atoms with Crippen molar-refractivity contribution >= 4 is 12.0 Å². The van der Waals surface area contributed by atoms with Crippen LogP contribution in [0.1, 0.15) is 40.0 Å². The molecule has 90 valence electrons. The molecular weight excluding hydrogens is 206 g/mol. The number of imide groups is 1. The van der Waals surface area contributed by atoms with Crippen LogP contribution in [-0.2, 0) is 9.53 Å². The third kappa shape index (κ3) is 2.20. The summed E-state index contributed by atoms with van der Waals surface area (Å²) in [7, 11) is 0. The second-order valence-corrected chi connectivity index (χ2v) is 5.81. The van der Waals surface area contributed by atoms with Crippen LogP contribution in [0, 0.1) is 11.8 Å². The van der Waals surface area contributed by atoms with Crippen molar-refractivity contribution in [3.8, 4) is 0 Å². The van der Waals surface area contributed by atoms with Crippen molar-refractivity contribution in [1.29, 1.82) is 0 Å². The number of ether oxygens (including phenoxy) is 1. The Morgan fingerprint density at radius 1 is 1.38 bits per heavy atom. The highest BCUT2D eigenvalue weighted by Gasteiger charge is 2.42. The second-order valence-electron chi connectivity index (χ2n) is 5.81. The number of piperidine rings is 1. The van der Waals surface area contributed by atoms with Crippen LogP contribution in [0.5, 0.6) is 0 Å². The summed E-state index contributed by atoms with van der Waals surface area (Å²) in [4.78, 5) is 25.1. The zero-order valence-electron chi connectivity index (χ0n) is 10.2. The van der Waals surface area contributed by atoms with E-state index in [9.17, 15) is 9.59 Å². The molecule has 1 heterocycles. The van der Waals surface area contributed by atoms with Gasteiger partial charge in [-0.25, -0.2) is 9.69 Å². The Morgan fingerprint density at radius 3 is 2.69 bits per heavy atom. The highest BCUT2D eigenvalue weighted by molar-refractivity contribution is 5.94. The van der Waals surface area contributed by atoms with Gasteiger partial charge >= 0.3 is 6.09 Å². The Bertz CT molecular complexity index is 319. The molecule has 4 heteroatoms. The zero-order chi connectivity index (χ0) is 11.9. The first kappa shape index (κ1) is 11.4. The Kier molecular flexibility index (Phi) is 2.68. The van der Waals surface area contributed by atoms with Crippen molar-refractivity contribution in [1.82, 2.24) is 4.90 Å². The quantitative estimate of drug-likeness (QED) is 0.634. The van der Waals surface area contributed by atoms with E-state index in [4.69, 9.17) is 4.74 Å². The molecule has 0 spiro atoms. The summed E-state index contributed by atoms with van der Waals surface area (Å²) < 4.78 is 5.24. The van der Waals surface area contributed by atoms with Crippen molar-refractivity contribution in [3.05, 3.63) is 0 Å². The van der Waals surface area contributed by atoms with Gasteiger partial charge in [0.05, 0.1) is 0 Å². The largest absolute Gasteiger partial charge is 0.443 e. The molecule has 2 fully saturated rings. The van der Waals surface area contributed by atoms with Crippen molar-refractivity contribution in [2.24, 2.45) is 11.8 Å². The number of carbonyl (C=O) groups is 2. The van der Waals surface area contributed by atoms with Gasteiger partial charge in [0.1, 0.15) is 5.60 Å². The van der Waals surface area contributed by atoms with Gasteiger partial charge < -0.3 is 4.74 Å². The van der Waals surface area contributed by atoms with E-state index in [1.165, 1.54) is 4.90 Å². The number of hydrogen-bond acceptors (Lipinski definition) is 3. The summed E-state index contributed by atoms with van der Waals surface area (Å²) in [5.41, 5.74) is -0.534. The Balaban J connectivity index is 2.04. The minimum Gasteiger partial charge on any atom is -0.443 e. The van der Waals surface area contributed by atoms with Gasteiger partial charge in [0.25, 0.3) is 0 Å². The smallest absolute Gasteiger partial charge is 0.417 e. The number of carbonyl (C=O) groups excluding carboxylic acids is 2. The summed E-state index contributed by atoms with van der Waals surface area (Å²) >= 11 is 0. The lowest BCUT2D eigenvalue weighted by molar-refractivity contribution is -0.136. The molecule has 2 atom stereocenters. The average molecular weight is 225 g/mol. The van der Waals surface area contributed by atoms with Crippen LogP contribution in [0.2, 0.25) is 0 Å². The maximum atomic E-state index is 11.9. The summed E-state index contributed by atoms with van der Waals surface area (Å²) in [6.45, 7) is 5.99. The van der Waals surface area contributed by atoms with E-state index in [0.717, 1.165) is 19.3 Å². The first-order valence-corrected chi connectivity index (χ1v) is 5.91. The van der Waals surface area contributed by atoms with Gasteiger partial charge in [-0.05, 0) is 46.0 Å². The standard InChI is InChI=1S/C12H19NO3/c1-12(2,3)16-11(15)13-7-8-4-5-9(6-8)10(13)14/h8-9H,4-7H2,1-3H3. The van der Waals surface area contributed by atoms with Gasteiger partial charge in [-0.2, -0.15) is 0 Å². The fourth-order valence-corrected chi connectivity index (χ4v) is 2.52. The molecule has 1 aliphatic heterocycles. The van der Waals surface area contributed by atoms with Crippen LogP contribution in [0.15, 0.2) is 0 Å². The average Bonchev–Trinajstić information content (AvgIpc) is 2.53. The van der Waals surface area contributed by atoms with Crippen LogP contribution in [0.25, 0.3) is 0 Å². The Morgan fingerprint density at radius 2 is 2.06 bits per heavy atom. The molecular formula is C12H19NO3. The van der Waals surface area contributed by atoms with Crippen molar-refractivity contribution in [2.45, 2.75) is 45.6 Å². The van der Waals surface area contributed by atoms with Crippen molar-refractivity contribution in [2.75, 3.05) is 6.54 Å². The molecule has 2 amide bonds. The van der Waals surface area contributed by atoms with Gasteiger partial charge in [0.2, 0.25) is 5.91 Å². The maximum Gasteiger partial charge on any atom is 0.417 e. The van der Waals surface area contributed by atoms with Crippen LogP contribution in [0.3, 0.4) is 0 Å². The van der Waals surface area contributed by atoms with E-state index in [1.54, 1.807) is 0 Å². The van der Waals surface area contributed by atoms with Gasteiger partial charge in [-0.1, -0.05) is 0 Å². The summed E-state index contributed by atoms with van der Waals surface area (Å²) in [5, 5.41) is 0. The lowest BCUT2D eigenvalue weighted by Crippen LogP contribution is -2.47. The monoisotopic (exact) mass is 225 g/mol. The maximum absolute atomic E-state index is 11.9. The highest BCUT2D eigenvalue weighted by Crippen LogP contribution is 2.37. The fourth-order valence-electron chi connectivity index (χ4n) is 2.52. The number of fused-ring (bicyclic) bond motifs is 2. The molecule has 0 aromatic heterocycles. The van der Waals surface area contributed by atoms with Crippen LogP contribution in [0.4, 0.5) is 4.79 Å². The molecule has 2 bridgehead atoms. The van der Waals surface area contributed by atoms with Crippen LogP contribution >= 0.6 is 0 Å². The molecule has 16 heavy (non-hydrogen) atoms. The van der Waals surface area contributed by atoms with Crippen molar-refractivity contribution in [3.63, 3.8) is 0 Å². The SMILES string of the molecule is CC(C)(C)OC(=O)N1CC2CCC(C2)C1=O. The normalized spacial score (nSPS) is 29.4. The molecule has 1 aliphatic carbocycles. The third-order valence-electron chi connectivity index (χ3n) is 3.21. The molecule has 2 rings (SSSR count). The lowest BCUT2D eigenvalue weighted by Gasteiger charge is -2.31. The van der Waals surface area contributed by atoms with Gasteiger partial charge in [0, 0.05) is 12.5 Å². The van der Waals surface area contributed by atoms with E-state index < -0.39 is 11.7 Å². The molecule has 0 aromatic carbocycles. The Hall–Kier alpha value is -1.06. The highest BCUT2D eigenvalue weighted by atomic mass is 16.6. The number of nitrogens with zero attached hydrogens (tertiary/aromatic N) is 1. The van der Waals surface area contributed by atoms with E-state index in [0.29, 0.717) is 12.5 Å². The lowest BCUT2D eigenvalue weighted by atomic mass is 9.98. The Labute approximate surface area is 95.9 Å². The van der Waals surface area contributed by atoms with Crippen molar-refractivity contribution < 1.29 is 14.3 Å². The van der Waals surface area contributed by atoms with Gasteiger partial charge in [-0.15, -0.1) is 0 Å². The topological polar surface area (TPSA) is 46.6 Å². The van der Waals surface area contributed by atoms with E-state index >= 15 is 0 Å². The predicted octanol–water partition coefficient (Wildman–Crippen LogP) is 2.18. The molecule has 0 aromatic rings. The number of rotatable bonds is 0. The molecule has 1 saturated carbocycles. The molecule has 2 aliphatic rings. The second kappa shape index (κ2) is 3.75. The first-order chi connectivity index (χ1) is 7.37. The number of likely N-dealkylation sites (tertiary alicyclic amines) is 1. The van der Waals surface area contributed by atoms with E-state index in [1.807, 2.05) is 20.8 Å².